The van der Waals surface area contributed by atoms with Gasteiger partial charge in [-0.1, -0.05) is 12.1 Å². The minimum Gasteiger partial charge on any atom is -0.508 e. The molecular formula is C29H32FNO7S. The second kappa shape index (κ2) is 9.84. The van der Waals surface area contributed by atoms with E-state index < -0.39 is 33.5 Å². The number of phenols is 1. The van der Waals surface area contributed by atoms with Crippen molar-refractivity contribution in [3.63, 3.8) is 0 Å². The van der Waals surface area contributed by atoms with E-state index in [4.69, 9.17) is 9.47 Å². The van der Waals surface area contributed by atoms with Crippen LogP contribution >= 0.6 is 0 Å². The molecule has 8 nitrogen and oxygen atoms in total. The highest BCUT2D eigenvalue weighted by molar-refractivity contribution is 7.92. The molecule has 0 aliphatic carbocycles. The number of carboxylic acid groups (broad SMARTS) is 1. The highest BCUT2D eigenvalue weighted by Crippen LogP contribution is 2.53. The Labute approximate surface area is 227 Å². The zero-order valence-electron chi connectivity index (χ0n) is 22.9. The van der Waals surface area contributed by atoms with E-state index >= 15 is 4.39 Å². The van der Waals surface area contributed by atoms with Gasteiger partial charge in [-0.05, 0) is 75.1 Å². The first kappa shape index (κ1) is 28.4. The maximum Gasteiger partial charge on any atom is 0.337 e. The number of benzene rings is 3. The quantitative estimate of drug-likeness (QED) is 0.399. The lowest BCUT2D eigenvalue weighted by molar-refractivity contribution is -0.160. The summed E-state index contributed by atoms with van der Waals surface area (Å²) in [5.41, 5.74) is 2.19. The summed E-state index contributed by atoms with van der Waals surface area (Å²) in [4.78, 5) is 12.7. The fraction of sp³-hybridized carbons (Fsp3) is 0.345. The molecule has 1 atom stereocenters. The standard InChI is InChI=1S/C29H32FNO7S/c1-15-22(19-12-11-18(32)13-21(19)37-6)24(27(28(33)34)38-29(3,4)5)16(2)26-23(15)25-17(9-8-10-20(25)30)14-31(26)39(7,35)36/h8-13,27,32H,14H2,1-7H3,(H,33,34)/t27-/m0/s1. The van der Waals surface area contributed by atoms with Gasteiger partial charge in [0.25, 0.3) is 0 Å². The molecule has 1 aliphatic rings. The van der Waals surface area contributed by atoms with Crippen LogP contribution < -0.4 is 9.04 Å². The first-order valence-corrected chi connectivity index (χ1v) is 14.1. The van der Waals surface area contributed by atoms with Gasteiger partial charge in [-0.2, -0.15) is 0 Å². The number of fused-ring (bicyclic) bond motifs is 3. The van der Waals surface area contributed by atoms with Gasteiger partial charge in [0.1, 0.15) is 17.3 Å². The number of hydrogen-bond acceptors (Lipinski definition) is 6. The van der Waals surface area contributed by atoms with Crippen LogP contribution in [0.2, 0.25) is 0 Å². The molecule has 1 aliphatic heterocycles. The second-order valence-corrected chi connectivity index (χ2v) is 12.5. The molecule has 208 valence electrons. The Hall–Kier alpha value is -3.63. The molecule has 2 N–H and O–H groups in total. The van der Waals surface area contributed by atoms with Crippen molar-refractivity contribution < 1.29 is 37.3 Å². The molecule has 0 fully saturated rings. The van der Waals surface area contributed by atoms with Gasteiger partial charge < -0.3 is 19.7 Å². The van der Waals surface area contributed by atoms with Crippen molar-refractivity contribution >= 4 is 21.7 Å². The van der Waals surface area contributed by atoms with Crippen molar-refractivity contribution in [2.45, 2.75) is 52.9 Å². The number of ether oxygens (including phenoxy) is 2. The third kappa shape index (κ3) is 5.06. The maximum absolute atomic E-state index is 15.5. The van der Waals surface area contributed by atoms with Crippen LogP contribution in [0.3, 0.4) is 0 Å². The topological polar surface area (TPSA) is 113 Å². The number of hydrogen-bond donors (Lipinski definition) is 2. The molecular weight excluding hydrogens is 525 g/mol. The van der Waals surface area contributed by atoms with Crippen LogP contribution in [0, 0.1) is 19.7 Å². The van der Waals surface area contributed by atoms with Gasteiger partial charge in [0.15, 0.2) is 6.10 Å². The molecule has 0 bridgehead atoms. The minimum atomic E-state index is -3.86. The van der Waals surface area contributed by atoms with E-state index in [0.29, 0.717) is 33.4 Å². The lowest BCUT2D eigenvalue weighted by Gasteiger charge is -2.37. The molecule has 0 saturated heterocycles. The van der Waals surface area contributed by atoms with E-state index in [0.717, 1.165) is 6.26 Å². The number of sulfonamides is 1. The first-order valence-electron chi connectivity index (χ1n) is 12.3. The molecule has 0 amide bonds. The Morgan fingerprint density at radius 1 is 1.08 bits per heavy atom. The van der Waals surface area contributed by atoms with E-state index in [2.05, 4.69) is 0 Å². The summed E-state index contributed by atoms with van der Waals surface area (Å²) in [6, 6.07) is 8.92. The monoisotopic (exact) mass is 557 g/mol. The van der Waals surface area contributed by atoms with Crippen LogP contribution in [0.25, 0.3) is 22.3 Å². The predicted octanol–water partition coefficient (Wildman–Crippen LogP) is 5.71. The average Bonchev–Trinajstić information content (AvgIpc) is 2.83. The Bertz CT molecular complexity index is 1590. The Morgan fingerprint density at radius 3 is 2.31 bits per heavy atom. The number of methoxy groups -OCH3 is 1. The third-order valence-electron chi connectivity index (χ3n) is 6.74. The van der Waals surface area contributed by atoms with Gasteiger partial charge in [-0.15, -0.1) is 0 Å². The summed E-state index contributed by atoms with van der Waals surface area (Å²) in [7, 11) is -2.45. The summed E-state index contributed by atoms with van der Waals surface area (Å²) in [5.74, 6) is -1.62. The van der Waals surface area contributed by atoms with E-state index in [1.807, 2.05) is 0 Å². The fourth-order valence-electron chi connectivity index (χ4n) is 5.27. The summed E-state index contributed by atoms with van der Waals surface area (Å²) in [6.07, 6.45) is -0.446. The molecule has 0 aromatic heterocycles. The van der Waals surface area contributed by atoms with Crippen molar-refractivity contribution in [1.29, 1.82) is 0 Å². The number of nitrogens with zero attached hydrogens (tertiary/aromatic N) is 1. The zero-order valence-corrected chi connectivity index (χ0v) is 23.7. The van der Waals surface area contributed by atoms with Crippen LogP contribution in [-0.4, -0.2) is 43.6 Å². The molecule has 1 heterocycles. The molecule has 0 saturated carbocycles. The van der Waals surface area contributed by atoms with E-state index in [9.17, 15) is 23.4 Å². The fourth-order valence-corrected chi connectivity index (χ4v) is 6.20. The third-order valence-corrected chi connectivity index (χ3v) is 7.85. The number of phenolic OH excluding ortho intramolecular Hbond substituents is 1. The SMILES string of the molecule is COc1cc(O)ccc1-c1c(C)c2c(c(C)c1[C@H](OC(C)(C)C)C(=O)O)N(S(C)(=O)=O)Cc1cccc(F)c1-2. The lowest BCUT2D eigenvalue weighted by Crippen LogP contribution is -2.35. The molecule has 0 radical (unpaired) electrons. The van der Waals surface area contributed by atoms with E-state index in [1.165, 1.54) is 35.7 Å². The van der Waals surface area contributed by atoms with Gasteiger partial charge in [0.05, 0.1) is 31.2 Å². The predicted molar refractivity (Wildman–Crippen MR) is 147 cm³/mol. The van der Waals surface area contributed by atoms with Crippen molar-refractivity contribution in [3.05, 3.63) is 64.5 Å². The largest absolute Gasteiger partial charge is 0.508 e. The Morgan fingerprint density at radius 2 is 1.74 bits per heavy atom. The number of carbonyl (C=O) groups is 1. The number of halogens is 1. The van der Waals surface area contributed by atoms with Gasteiger partial charge in [0, 0.05) is 28.3 Å². The molecule has 0 spiro atoms. The van der Waals surface area contributed by atoms with Gasteiger partial charge in [-0.3, -0.25) is 4.31 Å². The molecule has 10 heteroatoms. The van der Waals surface area contributed by atoms with E-state index in [1.54, 1.807) is 46.8 Å². The van der Waals surface area contributed by atoms with Crippen LogP contribution in [-0.2, 0) is 26.1 Å². The highest BCUT2D eigenvalue weighted by Gasteiger charge is 2.39. The summed E-state index contributed by atoms with van der Waals surface area (Å²) in [5, 5.41) is 20.5. The number of rotatable bonds is 6. The second-order valence-electron chi connectivity index (χ2n) is 10.6. The maximum atomic E-state index is 15.5. The van der Waals surface area contributed by atoms with Crippen LogP contribution in [0.4, 0.5) is 10.1 Å². The van der Waals surface area contributed by atoms with Crippen LogP contribution in [0.15, 0.2) is 36.4 Å². The van der Waals surface area contributed by atoms with Crippen LogP contribution in [0.5, 0.6) is 11.5 Å². The smallest absolute Gasteiger partial charge is 0.337 e. The van der Waals surface area contributed by atoms with Crippen molar-refractivity contribution in [1.82, 2.24) is 0 Å². The first-order chi connectivity index (χ1) is 18.1. The minimum absolute atomic E-state index is 0.0650. The molecule has 3 aromatic carbocycles. The summed E-state index contributed by atoms with van der Waals surface area (Å²) in [6.45, 7) is 8.37. The van der Waals surface area contributed by atoms with Gasteiger partial charge in [-0.25, -0.2) is 17.6 Å². The Balaban J connectivity index is 2.28. The van der Waals surface area contributed by atoms with Gasteiger partial charge in [0.2, 0.25) is 10.0 Å². The Kier molecular flexibility index (Phi) is 7.16. The number of anilines is 1. The van der Waals surface area contributed by atoms with Crippen LogP contribution in [0.1, 0.15) is 49.1 Å². The molecule has 3 aromatic rings. The number of aromatic hydroxyl groups is 1. The van der Waals surface area contributed by atoms with Crippen molar-refractivity contribution in [2.75, 3.05) is 17.7 Å². The number of aliphatic carboxylic acids is 1. The van der Waals surface area contributed by atoms with E-state index in [-0.39, 0.29) is 34.9 Å². The summed E-state index contributed by atoms with van der Waals surface area (Å²) < 4.78 is 54.4. The molecule has 4 rings (SSSR count). The van der Waals surface area contributed by atoms with Gasteiger partial charge >= 0.3 is 5.97 Å². The molecule has 39 heavy (non-hydrogen) atoms. The normalized spacial score (nSPS) is 14.0. The number of carboxylic acids is 1. The molecule has 0 unspecified atom stereocenters. The lowest BCUT2D eigenvalue weighted by atomic mass is 9.80. The van der Waals surface area contributed by atoms with Crippen molar-refractivity contribution in [2.24, 2.45) is 0 Å². The van der Waals surface area contributed by atoms with Crippen molar-refractivity contribution in [3.8, 4) is 33.8 Å². The highest BCUT2D eigenvalue weighted by atomic mass is 32.2. The average molecular weight is 558 g/mol. The summed E-state index contributed by atoms with van der Waals surface area (Å²) >= 11 is 0. The zero-order chi connectivity index (χ0) is 29.0.